The molecule has 0 unspecified atom stereocenters. The third kappa shape index (κ3) is 5.67. The molecule has 7 heterocycles. The van der Waals surface area contributed by atoms with E-state index in [0.717, 1.165) is 144 Å². The molecular weight excluding hydrogens is 1000 g/mol. The van der Waals surface area contributed by atoms with Gasteiger partial charge in [0.25, 0.3) is 0 Å². The van der Waals surface area contributed by atoms with Crippen LogP contribution in [0, 0.1) is 13.1 Å². The van der Waals surface area contributed by atoms with Crippen LogP contribution in [0.15, 0.2) is 243 Å². The molecule has 0 amide bonds. The van der Waals surface area contributed by atoms with Crippen LogP contribution >= 0.6 is 0 Å². The number of pyridine rings is 2. The topological polar surface area (TPSA) is 63.5 Å². The number of ether oxygens (including phenoxy) is 1. The zero-order valence-electron chi connectivity index (χ0n) is 43.6. The molecule has 0 N–H and O–H groups in total. The fourth-order valence-corrected chi connectivity index (χ4v) is 14.3. The molecule has 1 spiro atoms. The molecule has 378 valence electrons. The first kappa shape index (κ1) is 44.5. The van der Waals surface area contributed by atoms with E-state index < -0.39 is 5.41 Å². The molecule has 9 nitrogen and oxygen atoms in total. The molecule has 0 atom stereocenters. The molecule has 1 aliphatic carbocycles. The summed E-state index contributed by atoms with van der Waals surface area (Å²) in [6.07, 6.45) is 4.03. The van der Waals surface area contributed by atoms with Crippen molar-refractivity contribution in [1.29, 1.82) is 0 Å². The van der Waals surface area contributed by atoms with Crippen molar-refractivity contribution in [2.75, 3.05) is 0 Å². The summed E-state index contributed by atoms with van der Waals surface area (Å²) in [5, 5.41) is 8.68. The smallest absolute Gasteiger partial charge is 0.188 e. The monoisotopic (exact) mass is 1040 g/mol. The van der Waals surface area contributed by atoms with Gasteiger partial charge in [0, 0.05) is 54.6 Å². The Morgan fingerprint density at radius 2 is 0.646 bits per heavy atom. The Bertz CT molecular complexity index is 5230. The molecule has 0 saturated carbocycles. The van der Waals surface area contributed by atoms with Crippen molar-refractivity contribution < 1.29 is 4.74 Å². The van der Waals surface area contributed by atoms with Crippen molar-refractivity contribution >= 4 is 98.6 Å². The van der Waals surface area contributed by atoms with Crippen molar-refractivity contribution in [2.45, 2.75) is 5.41 Å². The van der Waals surface area contributed by atoms with Crippen LogP contribution in [0.25, 0.3) is 131 Å². The Kier molecular flexibility index (Phi) is 8.83. The van der Waals surface area contributed by atoms with Crippen molar-refractivity contribution in [3.8, 4) is 45.6 Å². The van der Waals surface area contributed by atoms with Gasteiger partial charge >= 0.3 is 0 Å². The third-order valence-corrected chi connectivity index (χ3v) is 17.5. The highest BCUT2D eigenvalue weighted by molar-refractivity contribution is 6.14. The van der Waals surface area contributed by atoms with Crippen LogP contribution in [0.2, 0.25) is 0 Å². The molecular formula is C73H40N8O. The van der Waals surface area contributed by atoms with Crippen molar-refractivity contribution in [2.24, 2.45) is 0 Å². The van der Waals surface area contributed by atoms with Gasteiger partial charge in [0.05, 0.1) is 109 Å². The number of rotatable bonds is 4. The lowest BCUT2D eigenvalue weighted by Gasteiger charge is -2.40. The largest absolute Gasteiger partial charge is 0.452 e. The molecule has 82 heavy (non-hydrogen) atoms. The van der Waals surface area contributed by atoms with Crippen LogP contribution < -0.4 is 4.74 Å². The minimum absolute atomic E-state index is 0.520. The Morgan fingerprint density at radius 1 is 0.317 bits per heavy atom. The van der Waals surface area contributed by atoms with Crippen molar-refractivity contribution in [3.05, 3.63) is 288 Å². The molecule has 9 heteroatoms. The van der Waals surface area contributed by atoms with E-state index in [4.69, 9.17) is 27.8 Å². The lowest BCUT2D eigenvalue weighted by molar-refractivity contribution is 0.433. The van der Waals surface area contributed by atoms with Gasteiger partial charge in [-0.15, -0.1) is 0 Å². The van der Waals surface area contributed by atoms with Crippen molar-refractivity contribution in [1.82, 2.24) is 28.2 Å². The van der Waals surface area contributed by atoms with Gasteiger partial charge in [0.15, 0.2) is 22.9 Å². The summed E-state index contributed by atoms with van der Waals surface area (Å²) in [5.41, 5.74) is 17.1. The van der Waals surface area contributed by atoms with Crippen LogP contribution in [0.4, 0.5) is 11.4 Å². The highest BCUT2D eigenvalue weighted by atomic mass is 16.5. The van der Waals surface area contributed by atoms with Gasteiger partial charge in [0.2, 0.25) is 0 Å². The molecule has 16 aromatic rings. The summed E-state index contributed by atoms with van der Waals surface area (Å²) in [7, 11) is 0. The number of aromatic nitrogens is 6. The summed E-state index contributed by atoms with van der Waals surface area (Å²) < 4.78 is 17.3. The second kappa shape index (κ2) is 16.3. The predicted molar refractivity (Wildman–Crippen MR) is 329 cm³/mol. The molecule has 2 aliphatic rings. The number of hydrogen-bond donors (Lipinski definition) is 0. The fraction of sp³-hybridized carbons (Fsp3) is 0.0137. The number of nitrogens with zero attached hydrogens (tertiary/aromatic N) is 8. The van der Waals surface area contributed by atoms with Crippen LogP contribution in [0.5, 0.6) is 11.5 Å². The number of hydrogen-bond acceptors (Lipinski definition) is 3. The van der Waals surface area contributed by atoms with Crippen LogP contribution in [0.3, 0.4) is 0 Å². The summed E-state index contributed by atoms with van der Waals surface area (Å²) in [4.78, 5) is 19.0. The lowest BCUT2D eigenvalue weighted by atomic mass is 9.66. The zero-order chi connectivity index (χ0) is 53.9. The average molecular weight is 1050 g/mol. The Balaban J connectivity index is 1.02. The maximum Gasteiger partial charge on any atom is 0.188 e. The van der Waals surface area contributed by atoms with E-state index in [2.05, 4.69) is 222 Å². The number of para-hydroxylation sites is 8. The van der Waals surface area contributed by atoms with Gasteiger partial charge in [-0.3, -0.25) is 9.97 Å². The molecule has 18 rings (SSSR count). The van der Waals surface area contributed by atoms with Gasteiger partial charge in [-0.25, -0.2) is 9.69 Å². The number of fused-ring (bicyclic) bond motifs is 21. The first-order valence-electron chi connectivity index (χ1n) is 27.4. The molecule has 0 fully saturated rings. The molecule has 1 aliphatic heterocycles. The SMILES string of the molecule is [C-]#[N+]c1ccc2c(c1)c1cc([N+]#[C-])ccc1n2-c1cccc2c1Oc1c(-n3c4ccccc4c4ccccc43)cccc1C21c2cc(-n3c4ccccc4c4ccccc43)cnc2-c2ncc(-n3c4ccccc4c4ccccc43)cc21. The molecule has 10 aromatic carbocycles. The molecule has 6 aromatic heterocycles. The van der Waals surface area contributed by atoms with Crippen LogP contribution in [-0.2, 0) is 5.41 Å². The summed E-state index contributed by atoms with van der Waals surface area (Å²) in [5.74, 6) is 1.36. The molecule has 0 saturated heterocycles. The maximum atomic E-state index is 8.08. The van der Waals surface area contributed by atoms with Crippen LogP contribution in [-0.4, -0.2) is 28.2 Å². The van der Waals surface area contributed by atoms with Gasteiger partial charge < -0.3 is 23.0 Å². The summed E-state index contributed by atoms with van der Waals surface area (Å²) in [6.45, 7) is 16.2. The van der Waals surface area contributed by atoms with E-state index >= 15 is 0 Å². The highest BCUT2D eigenvalue weighted by Crippen LogP contribution is 2.64. The van der Waals surface area contributed by atoms with E-state index in [9.17, 15) is 0 Å². The second-order valence-corrected chi connectivity index (χ2v) is 21.4. The minimum Gasteiger partial charge on any atom is -0.452 e. The third-order valence-electron chi connectivity index (χ3n) is 17.5. The quantitative estimate of drug-likeness (QED) is 0.165. The second-order valence-electron chi connectivity index (χ2n) is 21.4. The molecule has 0 bridgehead atoms. The first-order chi connectivity index (χ1) is 40.6. The van der Waals surface area contributed by atoms with Crippen molar-refractivity contribution in [3.63, 3.8) is 0 Å². The normalized spacial score (nSPS) is 13.0. The van der Waals surface area contributed by atoms with E-state index in [1.54, 1.807) is 0 Å². The van der Waals surface area contributed by atoms with E-state index in [1.165, 1.54) is 0 Å². The van der Waals surface area contributed by atoms with E-state index in [1.807, 2.05) is 48.8 Å². The Morgan fingerprint density at radius 3 is 1.00 bits per heavy atom. The van der Waals surface area contributed by atoms with Gasteiger partial charge in [-0.05, 0) is 95.7 Å². The highest BCUT2D eigenvalue weighted by Gasteiger charge is 2.54. The minimum atomic E-state index is -1.12. The summed E-state index contributed by atoms with van der Waals surface area (Å²) in [6, 6.07) is 81.3. The van der Waals surface area contributed by atoms with E-state index in [-0.39, 0.29) is 0 Å². The zero-order valence-corrected chi connectivity index (χ0v) is 43.6. The standard InChI is InChI=1S/C73H40N8O/c1-74-43-33-35-65-53(37-43)54-38-44(75-2)34-36-66(54)81(65)68-32-16-24-56-72(68)82-71-55(23-15-31-67(71)80-63-29-13-7-21-51(63)52-22-8-14-30-64(52)80)73(56)57-39-45(78-59-25-9-3-17-47(59)48-18-4-10-26-60(48)78)41-76-69(57)70-58(73)40-46(42-77-70)79-61-27-11-5-19-49(61)50-20-6-12-28-62(50)79/h3-42H. The van der Waals surface area contributed by atoms with Crippen LogP contribution in [0.1, 0.15) is 22.3 Å². The summed E-state index contributed by atoms with van der Waals surface area (Å²) >= 11 is 0. The van der Waals surface area contributed by atoms with Gasteiger partial charge in [0.1, 0.15) is 0 Å². The lowest BCUT2D eigenvalue weighted by Crippen LogP contribution is -2.33. The Labute approximate surface area is 468 Å². The first-order valence-corrected chi connectivity index (χ1v) is 27.4. The Hall–Kier alpha value is -11.5. The van der Waals surface area contributed by atoms with Gasteiger partial charge in [-0.2, -0.15) is 0 Å². The molecule has 0 radical (unpaired) electrons. The predicted octanol–water partition coefficient (Wildman–Crippen LogP) is 18.4. The maximum absolute atomic E-state index is 8.08. The number of benzene rings is 10. The fourth-order valence-electron chi connectivity index (χ4n) is 14.3. The average Bonchev–Trinajstić information content (AvgIpc) is 1.90. The van der Waals surface area contributed by atoms with E-state index in [0.29, 0.717) is 22.9 Å². The van der Waals surface area contributed by atoms with Gasteiger partial charge in [-0.1, -0.05) is 146 Å².